The van der Waals surface area contributed by atoms with Gasteiger partial charge in [0.15, 0.2) is 11.5 Å². The Labute approximate surface area is 176 Å². The highest BCUT2D eigenvalue weighted by Crippen LogP contribution is 2.39. The maximum atomic E-state index is 10.9. The molecule has 0 bridgehead atoms. The van der Waals surface area contributed by atoms with Crippen LogP contribution < -0.4 is 15.6 Å². The molecule has 5 N–H and O–H groups in total. The molecule has 29 heavy (non-hydrogen) atoms. The van der Waals surface area contributed by atoms with E-state index in [-0.39, 0.29) is 28.4 Å². The second-order valence-electron chi connectivity index (χ2n) is 5.91. The van der Waals surface area contributed by atoms with Gasteiger partial charge in [-0.05, 0) is 43.2 Å². The maximum absolute atomic E-state index is 10.9. The summed E-state index contributed by atoms with van der Waals surface area (Å²) in [6.45, 7) is 2.13. The molecule has 1 unspecified atom stereocenters. The van der Waals surface area contributed by atoms with Gasteiger partial charge in [-0.2, -0.15) is 10.5 Å². The molecule has 1 aromatic heterocycles. The lowest BCUT2D eigenvalue weighted by Crippen LogP contribution is -2.07. The van der Waals surface area contributed by atoms with Gasteiger partial charge in [0.05, 0.1) is 23.2 Å². The van der Waals surface area contributed by atoms with Gasteiger partial charge in [0, 0.05) is 11.3 Å². The SMILES string of the molecule is CCOc1cc(-c2c(C#N)c(N)nc(SCCCCS(N)=O)c2C#N)ccc1O. The van der Waals surface area contributed by atoms with Crippen LogP contribution in [0.2, 0.25) is 0 Å². The molecule has 1 aromatic carbocycles. The number of pyridine rings is 1. The molecule has 152 valence electrons. The third kappa shape index (κ3) is 5.61. The van der Waals surface area contributed by atoms with Crippen LogP contribution in [-0.2, 0) is 11.0 Å². The Morgan fingerprint density at radius 1 is 1.28 bits per heavy atom. The molecule has 0 fully saturated rings. The number of nitrogens with zero attached hydrogens (tertiary/aromatic N) is 3. The number of anilines is 1. The molecule has 10 heteroatoms. The number of aromatic hydroxyl groups is 1. The van der Waals surface area contributed by atoms with Gasteiger partial charge in [-0.1, -0.05) is 6.07 Å². The summed E-state index contributed by atoms with van der Waals surface area (Å²) < 4.78 is 16.4. The molecule has 0 aliphatic carbocycles. The third-order valence-electron chi connectivity index (χ3n) is 3.94. The van der Waals surface area contributed by atoms with Crippen molar-refractivity contribution in [1.82, 2.24) is 4.98 Å². The highest BCUT2D eigenvalue weighted by atomic mass is 32.2. The van der Waals surface area contributed by atoms with Gasteiger partial charge in [0.1, 0.15) is 28.5 Å². The van der Waals surface area contributed by atoms with Crippen molar-refractivity contribution in [3.63, 3.8) is 0 Å². The van der Waals surface area contributed by atoms with Crippen LogP contribution in [-0.4, -0.2) is 32.4 Å². The van der Waals surface area contributed by atoms with Gasteiger partial charge in [0.25, 0.3) is 0 Å². The van der Waals surface area contributed by atoms with Crippen molar-refractivity contribution < 1.29 is 14.1 Å². The average Bonchev–Trinajstić information content (AvgIpc) is 2.69. The molecule has 0 aliphatic heterocycles. The first-order chi connectivity index (χ1) is 13.9. The Morgan fingerprint density at radius 3 is 2.62 bits per heavy atom. The van der Waals surface area contributed by atoms with Crippen LogP contribution in [0.3, 0.4) is 0 Å². The van der Waals surface area contributed by atoms with Crippen molar-refractivity contribution in [2.45, 2.75) is 24.8 Å². The lowest BCUT2D eigenvalue weighted by molar-refractivity contribution is 0.318. The second-order valence-corrected chi connectivity index (χ2v) is 8.16. The Hall–Kier alpha value is -2.79. The lowest BCUT2D eigenvalue weighted by atomic mass is 9.96. The van der Waals surface area contributed by atoms with Crippen LogP contribution >= 0.6 is 11.8 Å². The van der Waals surface area contributed by atoms with E-state index >= 15 is 0 Å². The van der Waals surface area contributed by atoms with Gasteiger partial charge in [0.2, 0.25) is 0 Å². The van der Waals surface area contributed by atoms with Crippen molar-refractivity contribution in [2.24, 2.45) is 5.14 Å². The van der Waals surface area contributed by atoms with E-state index in [2.05, 4.69) is 11.1 Å². The first-order valence-electron chi connectivity index (χ1n) is 8.78. The smallest absolute Gasteiger partial charge is 0.161 e. The predicted molar refractivity (Wildman–Crippen MR) is 114 cm³/mol. The molecular formula is C19H21N5O3S2. The molecule has 0 amide bonds. The normalized spacial score (nSPS) is 11.4. The van der Waals surface area contributed by atoms with E-state index in [4.69, 9.17) is 15.6 Å². The zero-order valence-corrected chi connectivity index (χ0v) is 17.5. The first-order valence-corrected chi connectivity index (χ1v) is 11.1. The van der Waals surface area contributed by atoms with Crippen LogP contribution in [0.5, 0.6) is 11.5 Å². The Morgan fingerprint density at radius 2 is 2.00 bits per heavy atom. The number of unbranched alkanes of at least 4 members (excludes halogenated alkanes) is 1. The third-order valence-corrected chi connectivity index (χ3v) is 5.70. The Kier molecular flexibility index (Phi) is 8.28. The minimum absolute atomic E-state index is 0.0260. The number of rotatable bonds is 9. The fraction of sp³-hybridized carbons (Fsp3) is 0.316. The van der Waals surface area contributed by atoms with Crippen molar-refractivity contribution in [2.75, 3.05) is 23.8 Å². The van der Waals surface area contributed by atoms with E-state index in [0.717, 1.165) is 6.42 Å². The fourth-order valence-electron chi connectivity index (χ4n) is 2.65. The summed E-state index contributed by atoms with van der Waals surface area (Å²) in [6, 6.07) is 8.76. The molecule has 1 atom stereocenters. The number of aromatic nitrogens is 1. The molecule has 0 saturated heterocycles. The quantitative estimate of drug-likeness (QED) is 0.403. The number of ether oxygens (including phenoxy) is 1. The minimum atomic E-state index is -1.33. The van der Waals surface area contributed by atoms with Crippen molar-refractivity contribution in [3.05, 3.63) is 29.3 Å². The van der Waals surface area contributed by atoms with Crippen molar-refractivity contribution in [3.8, 4) is 34.8 Å². The van der Waals surface area contributed by atoms with Crippen molar-refractivity contribution in [1.29, 1.82) is 10.5 Å². The largest absolute Gasteiger partial charge is 0.504 e. The van der Waals surface area contributed by atoms with Crippen LogP contribution in [0.4, 0.5) is 5.82 Å². The molecule has 0 spiro atoms. The fourth-order valence-corrected chi connectivity index (χ4v) is 4.13. The number of hydrogen-bond donors (Lipinski definition) is 3. The molecule has 0 saturated carbocycles. The predicted octanol–water partition coefficient (Wildman–Crippen LogP) is 2.67. The number of nitrogen functional groups attached to an aromatic ring is 1. The van der Waals surface area contributed by atoms with Crippen molar-refractivity contribution >= 4 is 28.6 Å². The standard InChI is InChI=1S/C19H21N5O3S2/c1-2-27-16-9-12(5-6-15(16)25)17-13(10-20)18(22)24-19(14(17)11-21)28-7-3-4-8-29(23)26/h5-6,9,25H,2-4,7-8,23H2,1H3,(H2,22,24). The van der Waals surface area contributed by atoms with Gasteiger partial charge >= 0.3 is 0 Å². The lowest BCUT2D eigenvalue weighted by Gasteiger charge is -2.14. The number of benzene rings is 1. The summed E-state index contributed by atoms with van der Waals surface area (Å²) in [5.41, 5.74) is 7.20. The summed E-state index contributed by atoms with van der Waals surface area (Å²) in [5.74, 6) is 1.27. The van der Waals surface area contributed by atoms with Gasteiger partial charge in [-0.3, -0.25) is 5.14 Å². The molecule has 1 heterocycles. The van der Waals surface area contributed by atoms with E-state index in [1.165, 1.54) is 17.8 Å². The van der Waals surface area contributed by atoms with E-state index in [9.17, 15) is 19.8 Å². The summed E-state index contributed by atoms with van der Waals surface area (Å²) in [6.07, 6.45) is 1.43. The number of thioether (sulfide) groups is 1. The van der Waals surface area contributed by atoms with Gasteiger partial charge in [-0.25, -0.2) is 9.19 Å². The number of nitriles is 2. The summed E-state index contributed by atoms with van der Waals surface area (Å²) in [4.78, 5) is 4.24. The Balaban J connectivity index is 2.47. The number of nitrogens with two attached hydrogens (primary N) is 2. The van der Waals surface area contributed by atoms with Gasteiger partial charge in [-0.15, -0.1) is 11.8 Å². The van der Waals surface area contributed by atoms with E-state index in [0.29, 0.717) is 40.7 Å². The van der Waals surface area contributed by atoms with Crippen LogP contribution in [0.25, 0.3) is 11.1 Å². The monoisotopic (exact) mass is 431 g/mol. The molecule has 2 aromatic rings. The second kappa shape index (κ2) is 10.7. The van der Waals surface area contributed by atoms with Crippen LogP contribution in [0.1, 0.15) is 30.9 Å². The topological polar surface area (TPSA) is 159 Å². The molecule has 2 rings (SSSR count). The van der Waals surface area contributed by atoms with E-state index in [1.54, 1.807) is 19.1 Å². The van der Waals surface area contributed by atoms with Gasteiger partial charge < -0.3 is 15.6 Å². The van der Waals surface area contributed by atoms with Crippen LogP contribution in [0.15, 0.2) is 23.2 Å². The highest BCUT2D eigenvalue weighted by Gasteiger charge is 2.21. The number of hydrogen-bond acceptors (Lipinski definition) is 8. The summed E-state index contributed by atoms with van der Waals surface area (Å²) >= 11 is 1.34. The number of phenols is 1. The Bertz CT molecular complexity index is 999. The molecule has 0 radical (unpaired) electrons. The zero-order chi connectivity index (χ0) is 21.4. The molecule has 0 aliphatic rings. The van der Waals surface area contributed by atoms with Crippen LogP contribution in [0, 0.1) is 22.7 Å². The minimum Gasteiger partial charge on any atom is -0.504 e. The summed E-state index contributed by atoms with van der Waals surface area (Å²) in [7, 11) is -1.33. The molecular weight excluding hydrogens is 410 g/mol. The highest BCUT2D eigenvalue weighted by molar-refractivity contribution is 7.99. The number of phenolic OH excluding ortho intramolecular Hbond substituents is 1. The first kappa shape index (κ1) is 22.5. The molecule has 8 nitrogen and oxygen atoms in total. The zero-order valence-electron chi connectivity index (χ0n) is 15.8. The summed E-state index contributed by atoms with van der Waals surface area (Å²) in [5, 5.41) is 35.0. The average molecular weight is 432 g/mol. The van der Waals surface area contributed by atoms with E-state index < -0.39 is 11.0 Å². The maximum Gasteiger partial charge on any atom is 0.161 e. The van der Waals surface area contributed by atoms with E-state index in [1.807, 2.05) is 6.07 Å².